The average molecular weight is 351 g/mol. The molecule has 0 saturated heterocycles. The monoisotopic (exact) mass is 351 g/mol. The Hall–Kier alpha value is -2.93. The fourth-order valence-corrected chi connectivity index (χ4v) is 1.48. The second-order valence-electron chi connectivity index (χ2n) is 4.45. The van der Waals surface area contributed by atoms with Gasteiger partial charge in [-0.05, 0) is 0 Å². The molecule has 138 valence electrons. The van der Waals surface area contributed by atoms with Gasteiger partial charge in [0.05, 0.1) is 26.2 Å². The Balaban J connectivity index is 0. The van der Waals surface area contributed by atoms with Crippen LogP contribution in [0.15, 0.2) is 0 Å². The van der Waals surface area contributed by atoms with Crippen molar-refractivity contribution in [1.29, 1.82) is 5.41 Å². The molecular weight excluding hydrogens is 330 g/mol. The van der Waals surface area contributed by atoms with E-state index in [0.29, 0.717) is 0 Å². The van der Waals surface area contributed by atoms with E-state index in [1.54, 1.807) is 0 Å². The van der Waals surface area contributed by atoms with Gasteiger partial charge in [0.2, 0.25) is 0 Å². The van der Waals surface area contributed by atoms with Crippen LogP contribution in [0.5, 0.6) is 0 Å². The summed E-state index contributed by atoms with van der Waals surface area (Å²) in [5.74, 6) is -5.24. The molecule has 0 aliphatic rings. The zero-order valence-electron chi connectivity index (χ0n) is 12.7. The van der Waals surface area contributed by atoms with Crippen LogP contribution in [0.2, 0.25) is 0 Å². The van der Waals surface area contributed by atoms with Crippen molar-refractivity contribution < 1.29 is 39.6 Å². The molecule has 0 atom stereocenters. The smallest absolute Gasteiger partial charge is 0.317 e. The van der Waals surface area contributed by atoms with Crippen LogP contribution < -0.4 is 11.5 Å². The predicted molar refractivity (Wildman–Crippen MR) is 79.5 cm³/mol. The minimum atomic E-state index is -1.23. The topological polar surface area (TPSA) is 232 Å². The third-order valence-corrected chi connectivity index (χ3v) is 2.17. The highest BCUT2D eigenvalue weighted by molar-refractivity contribution is 5.73. The second kappa shape index (κ2) is 12.6. The van der Waals surface area contributed by atoms with Crippen molar-refractivity contribution in [2.75, 3.05) is 39.3 Å². The van der Waals surface area contributed by atoms with E-state index >= 15 is 0 Å². The number of hydrogen-bond acceptors (Lipinski definition) is 7. The molecule has 0 unspecified atom stereocenters. The maximum atomic E-state index is 10.6. The normalized spacial score (nSPS) is 9.92. The van der Waals surface area contributed by atoms with E-state index in [0.717, 1.165) is 9.80 Å². The summed E-state index contributed by atoms with van der Waals surface area (Å²) in [4.78, 5) is 44.4. The first-order valence-electron chi connectivity index (χ1n) is 6.35. The van der Waals surface area contributed by atoms with E-state index < -0.39 is 50.1 Å². The summed E-state index contributed by atoms with van der Waals surface area (Å²) in [7, 11) is 0. The van der Waals surface area contributed by atoms with Crippen LogP contribution in [0.3, 0.4) is 0 Å². The number of aliphatic carboxylic acids is 4. The predicted octanol–water partition coefficient (Wildman–Crippen LogP) is -3.23. The van der Waals surface area contributed by atoms with Crippen LogP contribution in [-0.4, -0.2) is 99.3 Å². The zero-order chi connectivity index (χ0) is 19.3. The van der Waals surface area contributed by atoms with Crippen LogP contribution >= 0.6 is 0 Å². The molecule has 0 aliphatic heterocycles. The Morgan fingerprint density at radius 1 is 0.667 bits per heavy atom. The van der Waals surface area contributed by atoms with Crippen molar-refractivity contribution >= 4 is 29.8 Å². The minimum absolute atomic E-state index is 0.0703. The third kappa shape index (κ3) is 19.1. The molecule has 13 nitrogen and oxygen atoms in total. The van der Waals surface area contributed by atoms with Gasteiger partial charge in [-0.1, -0.05) is 0 Å². The van der Waals surface area contributed by atoms with Crippen LogP contribution in [-0.2, 0) is 19.2 Å². The molecule has 13 heteroatoms. The third-order valence-electron chi connectivity index (χ3n) is 2.17. The molecule has 0 aromatic rings. The Morgan fingerprint density at radius 3 is 0.958 bits per heavy atom. The standard InChI is InChI=1S/C10H16N2O8.CH5N3/c13-7(14)3-11(4-8(15)16)1-2-12(5-9(17)18)6-10(19)20;2-1(3)4/h1-6H2,(H,13,14)(H,15,16)(H,17,18)(H,19,20);(H5,2,3,4). The molecule has 24 heavy (non-hydrogen) atoms. The van der Waals surface area contributed by atoms with Gasteiger partial charge in [0, 0.05) is 13.1 Å². The number of carboxylic acid groups (broad SMARTS) is 4. The maximum absolute atomic E-state index is 10.6. The lowest BCUT2D eigenvalue weighted by molar-refractivity contribution is -0.145. The molecule has 0 saturated carbocycles. The lowest BCUT2D eigenvalue weighted by atomic mass is 10.4. The molecular formula is C11H21N5O8. The molecule has 0 radical (unpaired) electrons. The van der Waals surface area contributed by atoms with E-state index in [9.17, 15) is 19.2 Å². The van der Waals surface area contributed by atoms with Gasteiger partial charge >= 0.3 is 23.9 Å². The number of hydrogen-bond donors (Lipinski definition) is 7. The summed E-state index contributed by atoms with van der Waals surface area (Å²) < 4.78 is 0. The molecule has 0 bridgehead atoms. The zero-order valence-corrected chi connectivity index (χ0v) is 12.7. The number of nitrogens with one attached hydrogen (secondary N) is 1. The number of nitrogens with zero attached hydrogens (tertiary/aromatic N) is 2. The van der Waals surface area contributed by atoms with Gasteiger partial charge in [0.15, 0.2) is 5.96 Å². The van der Waals surface area contributed by atoms with Gasteiger partial charge in [0.25, 0.3) is 0 Å². The van der Waals surface area contributed by atoms with Crippen LogP contribution in [0.25, 0.3) is 0 Å². The summed E-state index contributed by atoms with van der Waals surface area (Å²) in [6.45, 7) is -2.25. The van der Waals surface area contributed by atoms with Crippen LogP contribution in [0, 0.1) is 5.41 Å². The second-order valence-corrected chi connectivity index (χ2v) is 4.45. The van der Waals surface area contributed by atoms with Crippen molar-refractivity contribution in [3.63, 3.8) is 0 Å². The number of nitrogens with two attached hydrogens (primary N) is 2. The van der Waals surface area contributed by atoms with Crippen molar-refractivity contribution in [1.82, 2.24) is 9.80 Å². The van der Waals surface area contributed by atoms with E-state index in [1.165, 1.54) is 0 Å². The number of rotatable bonds is 11. The largest absolute Gasteiger partial charge is 0.480 e. The Bertz CT molecular complexity index is 397. The first kappa shape index (κ1) is 23.3. The average Bonchev–Trinajstić information content (AvgIpc) is 2.32. The molecule has 0 aromatic heterocycles. The quantitative estimate of drug-likeness (QED) is 0.144. The van der Waals surface area contributed by atoms with Gasteiger partial charge in [-0.25, -0.2) is 0 Å². The SMILES string of the molecule is N=C(N)N.O=C(O)CN(CCN(CC(=O)O)CC(=O)O)CC(=O)O. The summed E-state index contributed by atoms with van der Waals surface area (Å²) in [5.41, 5.74) is 8.94. The fourth-order valence-electron chi connectivity index (χ4n) is 1.48. The fraction of sp³-hybridized carbons (Fsp3) is 0.545. The van der Waals surface area contributed by atoms with E-state index in [-0.39, 0.29) is 19.0 Å². The van der Waals surface area contributed by atoms with Gasteiger partial charge in [-0.2, -0.15) is 0 Å². The maximum Gasteiger partial charge on any atom is 0.317 e. The summed E-state index contributed by atoms with van der Waals surface area (Å²) in [5, 5.41) is 40.5. The molecule has 0 heterocycles. The van der Waals surface area contributed by atoms with Gasteiger partial charge in [-0.15, -0.1) is 0 Å². The highest BCUT2D eigenvalue weighted by Gasteiger charge is 2.17. The van der Waals surface area contributed by atoms with Crippen LogP contribution in [0.1, 0.15) is 0 Å². The molecule has 0 spiro atoms. The van der Waals surface area contributed by atoms with Crippen molar-refractivity contribution in [3.05, 3.63) is 0 Å². The molecule has 0 aromatic carbocycles. The van der Waals surface area contributed by atoms with Gasteiger partial charge < -0.3 is 31.9 Å². The molecule has 0 rings (SSSR count). The Labute approximate surface area is 136 Å². The minimum Gasteiger partial charge on any atom is -0.480 e. The summed E-state index contributed by atoms with van der Waals surface area (Å²) >= 11 is 0. The summed E-state index contributed by atoms with van der Waals surface area (Å²) in [6, 6.07) is 0. The van der Waals surface area contributed by atoms with E-state index in [1.807, 2.05) is 0 Å². The number of carboxylic acids is 4. The molecule has 0 fully saturated rings. The number of carbonyl (C=O) groups is 4. The van der Waals surface area contributed by atoms with E-state index in [2.05, 4.69) is 11.5 Å². The van der Waals surface area contributed by atoms with Crippen molar-refractivity contribution in [2.45, 2.75) is 0 Å². The Morgan fingerprint density at radius 2 is 0.833 bits per heavy atom. The Kier molecular flexibility index (Phi) is 12.3. The van der Waals surface area contributed by atoms with E-state index in [4.69, 9.17) is 25.8 Å². The molecule has 0 amide bonds. The summed E-state index contributed by atoms with van der Waals surface area (Å²) in [6.07, 6.45) is 0. The van der Waals surface area contributed by atoms with Gasteiger partial charge in [0.1, 0.15) is 0 Å². The first-order valence-corrected chi connectivity index (χ1v) is 6.35. The van der Waals surface area contributed by atoms with Crippen molar-refractivity contribution in [2.24, 2.45) is 11.5 Å². The molecule has 0 aliphatic carbocycles. The lowest BCUT2D eigenvalue weighted by Crippen LogP contribution is -2.43. The highest BCUT2D eigenvalue weighted by atomic mass is 16.4. The van der Waals surface area contributed by atoms with Crippen molar-refractivity contribution in [3.8, 4) is 0 Å². The lowest BCUT2D eigenvalue weighted by Gasteiger charge is -2.23. The molecule has 9 N–H and O–H groups in total. The first-order chi connectivity index (χ1) is 10.9. The van der Waals surface area contributed by atoms with Crippen LogP contribution in [0.4, 0.5) is 0 Å². The highest BCUT2D eigenvalue weighted by Crippen LogP contribution is 1.94. The van der Waals surface area contributed by atoms with Gasteiger partial charge in [-0.3, -0.25) is 34.4 Å². The number of guanidine groups is 1.